The Morgan fingerprint density at radius 1 is 1.28 bits per heavy atom. The molecular weight excluding hydrogens is 253 g/mol. The highest BCUT2D eigenvalue weighted by molar-refractivity contribution is 7.62. The van der Waals surface area contributed by atoms with Crippen LogP contribution in [-0.2, 0) is 20.0 Å². The first-order valence-corrected chi connectivity index (χ1v) is 7.84. The molecule has 18 heavy (non-hydrogen) atoms. The first-order valence-electron chi connectivity index (χ1n) is 6.29. The number of hydrogen-bond acceptors (Lipinski definition) is 4. The van der Waals surface area contributed by atoms with Gasteiger partial charge in [0.15, 0.2) is 0 Å². The van der Waals surface area contributed by atoms with Gasteiger partial charge >= 0.3 is 7.60 Å². The Balaban J connectivity index is 3.30. The van der Waals surface area contributed by atoms with Crippen molar-refractivity contribution >= 4 is 12.9 Å². The number of aromatic nitrogens is 1. The second-order valence-corrected chi connectivity index (χ2v) is 5.97. The summed E-state index contributed by atoms with van der Waals surface area (Å²) in [6, 6.07) is 0. The van der Waals surface area contributed by atoms with Crippen LogP contribution in [0.25, 0.3) is 0 Å². The summed E-state index contributed by atoms with van der Waals surface area (Å²) in [7, 11) is -3.34. The molecule has 6 heteroatoms. The van der Waals surface area contributed by atoms with Crippen LogP contribution < -0.4 is 5.30 Å². The lowest BCUT2D eigenvalue weighted by Crippen LogP contribution is -2.16. The lowest BCUT2D eigenvalue weighted by atomic mass is 10.2. The summed E-state index contributed by atoms with van der Waals surface area (Å²) in [5.74, 6) is 0. The fraction of sp³-hybridized carbons (Fsp3) is 0.667. The second-order valence-electron chi connectivity index (χ2n) is 4.02. The van der Waals surface area contributed by atoms with E-state index in [0.717, 1.165) is 23.1 Å². The van der Waals surface area contributed by atoms with Gasteiger partial charge in [-0.2, -0.15) is 4.73 Å². The molecule has 0 spiro atoms. The highest BCUT2D eigenvalue weighted by Gasteiger charge is 2.33. The molecule has 0 saturated carbocycles. The highest BCUT2D eigenvalue weighted by Crippen LogP contribution is 2.49. The molecule has 0 radical (unpaired) electrons. The highest BCUT2D eigenvalue weighted by atomic mass is 31.2. The van der Waals surface area contributed by atoms with Crippen LogP contribution in [0.3, 0.4) is 0 Å². The van der Waals surface area contributed by atoms with E-state index in [1.165, 1.54) is 0 Å². The van der Waals surface area contributed by atoms with Crippen LogP contribution in [0.1, 0.15) is 38.4 Å². The Labute approximate surface area is 108 Å². The molecule has 0 amide bonds. The third-order valence-electron chi connectivity index (χ3n) is 2.66. The predicted octanol–water partition coefficient (Wildman–Crippen LogP) is 2.88. The van der Waals surface area contributed by atoms with E-state index in [-0.39, 0.29) is 0 Å². The lowest BCUT2D eigenvalue weighted by molar-refractivity contribution is 0.180. The average molecular weight is 275 g/mol. The number of nitrogens with zero attached hydrogens (tertiary/aromatic N) is 1. The lowest BCUT2D eigenvalue weighted by Gasteiger charge is -2.18. The van der Waals surface area contributed by atoms with Crippen molar-refractivity contribution in [3.8, 4) is 0 Å². The van der Waals surface area contributed by atoms with Gasteiger partial charge in [0.25, 0.3) is 0 Å². The molecule has 0 atom stereocenters. The van der Waals surface area contributed by atoms with Gasteiger partial charge in [-0.25, -0.2) is 0 Å². The zero-order chi connectivity index (χ0) is 13.8. The molecule has 0 unspecified atom stereocenters. The van der Waals surface area contributed by atoms with E-state index < -0.39 is 7.60 Å². The van der Waals surface area contributed by atoms with E-state index in [0.29, 0.717) is 24.2 Å². The molecule has 0 aliphatic heterocycles. The fourth-order valence-corrected chi connectivity index (χ4v) is 4.01. The molecule has 1 aromatic rings. The van der Waals surface area contributed by atoms with Crippen LogP contribution >= 0.6 is 7.60 Å². The summed E-state index contributed by atoms with van der Waals surface area (Å²) >= 11 is 0. The van der Waals surface area contributed by atoms with E-state index in [1.807, 2.05) is 6.92 Å². The average Bonchev–Trinajstić information content (AvgIpc) is 2.56. The van der Waals surface area contributed by atoms with Crippen molar-refractivity contribution in [3.05, 3.63) is 17.5 Å². The Morgan fingerprint density at radius 3 is 2.28 bits per heavy atom. The molecule has 0 saturated heterocycles. The minimum Gasteiger partial charge on any atom is -0.429 e. The van der Waals surface area contributed by atoms with Crippen molar-refractivity contribution in [2.75, 3.05) is 13.2 Å². The molecule has 0 aliphatic rings. The maximum atomic E-state index is 12.8. The molecule has 0 aromatic carbocycles. The van der Waals surface area contributed by atoms with Crippen molar-refractivity contribution in [1.29, 1.82) is 0 Å². The second kappa shape index (κ2) is 6.41. The number of aryl methyl sites for hydroxylation is 1. The minimum absolute atomic E-state index is 0.304. The topological polar surface area (TPSA) is 60.7 Å². The van der Waals surface area contributed by atoms with Crippen LogP contribution in [-0.4, -0.2) is 23.2 Å². The Bertz CT molecular complexity index is 432. The SMILES string of the molecule is CCCc1cn(O)c(C)c1P(=O)(OCC)OCC. The summed E-state index contributed by atoms with van der Waals surface area (Å²) in [5.41, 5.74) is 1.34. The molecular formula is C12H22NO4P. The smallest absolute Gasteiger partial charge is 0.363 e. The Morgan fingerprint density at radius 2 is 1.83 bits per heavy atom. The van der Waals surface area contributed by atoms with Crippen LogP contribution in [0.4, 0.5) is 0 Å². The van der Waals surface area contributed by atoms with Gasteiger partial charge in [0.1, 0.15) is 0 Å². The summed E-state index contributed by atoms with van der Waals surface area (Å²) in [5, 5.41) is 10.2. The molecule has 104 valence electrons. The first kappa shape index (κ1) is 15.3. The van der Waals surface area contributed by atoms with Gasteiger partial charge < -0.3 is 14.3 Å². The molecule has 0 aliphatic carbocycles. The van der Waals surface area contributed by atoms with Gasteiger partial charge in [-0.15, -0.1) is 0 Å². The van der Waals surface area contributed by atoms with Crippen molar-refractivity contribution in [1.82, 2.24) is 4.73 Å². The van der Waals surface area contributed by atoms with Gasteiger partial charge in [-0.3, -0.25) is 4.57 Å². The van der Waals surface area contributed by atoms with Crippen LogP contribution in [0.5, 0.6) is 0 Å². The van der Waals surface area contributed by atoms with Crippen molar-refractivity contribution in [2.45, 2.75) is 40.5 Å². The zero-order valence-corrected chi connectivity index (χ0v) is 12.4. The van der Waals surface area contributed by atoms with Gasteiger partial charge in [-0.1, -0.05) is 13.3 Å². The van der Waals surface area contributed by atoms with Crippen LogP contribution in [0.15, 0.2) is 6.20 Å². The third kappa shape index (κ3) is 2.97. The summed E-state index contributed by atoms with van der Waals surface area (Å²) < 4.78 is 24.5. The molecule has 1 rings (SSSR count). The monoisotopic (exact) mass is 275 g/mol. The van der Waals surface area contributed by atoms with Crippen molar-refractivity contribution in [3.63, 3.8) is 0 Å². The predicted molar refractivity (Wildman–Crippen MR) is 70.8 cm³/mol. The van der Waals surface area contributed by atoms with Gasteiger partial charge in [0.05, 0.1) is 24.2 Å². The molecule has 0 fully saturated rings. The van der Waals surface area contributed by atoms with Crippen LogP contribution in [0.2, 0.25) is 0 Å². The molecule has 5 nitrogen and oxygen atoms in total. The largest absolute Gasteiger partial charge is 0.429 e. The van der Waals surface area contributed by atoms with E-state index >= 15 is 0 Å². The molecule has 1 aromatic heterocycles. The summed E-state index contributed by atoms with van der Waals surface area (Å²) in [6.07, 6.45) is 3.21. The van der Waals surface area contributed by atoms with E-state index in [4.69, 9.17) is 9.05 Å². The number of hydrogen-bond donors (Lipinski definition) is 1. The normalized spacial score (nSPS) is 12.0. The Kier molecular flexibility index (Phi) is 5.45. The molecule has 1 heterocycles. The Hall–Kier alpha value is -0.770. The summed E-state index contributed by atoms with van der Waals surface area (Å²) in [6.45, 7) is 7.89. The molecule has 0 bridgehead atoms. The zero-order valence-electron chi connectivity index (χ0n) is 11.5. The van der Waals surface area contributed by atoms with Gasteiger partial charge in [0, 0.05) is 6.20 Å². The first-order chi connectivity index (χ1) is 8.50. The fourth-order valence-electron chi connectivity index (χ4n) is 1.98. The maximum absolute atomic E-state index is 12.8. The summed E-state index contributed by atoms with van der Waals surface area (Å²) in [4.78, 5) is 0. The minimum atomic E-state index is -3.34. The van der Waals surface area contributed by atoms with Crippen molar-refractivity contribution in [2.24, 2.45) is 0 Å². The number of rotatable bonds is 7. The van der Waals surface area contributed by atoms with E-state index in [1.54, 1.807) is 27.0 Å². The molecule has 1 N–H and O–H groups in total. The van der Waals surface area contributed by atoms with E-state index in [2.05, 4.69) is 0 Å². The van der Waals surface area contributed by atoms with Crippen molar-refractivity contribution < 1.29 is 18.8 Å². The standard InChI is InChI=1S/C12H22NO4P/c1-5-8-11-9-13(14)10(4)12(11)18(15,16-6-2)17-7-3/h9,14H,5-8H2,1-4H3. The van der Waals surface area contributed by atoms with Gasteiger partial charge in [0.2, 0.25) is 0 Å². The maximum Gasteiger partial charge on any atom is 0.363 e. The van der Waals surface area contributed by atoms with Gasteiger partial charge in [-0.05, 0) is 32.8 Å². The van der Waals surface area contributed by atoms with E-state index in [9.17, 15) is 9.77 Å². The quantitative estimate of drug-likeness (QED) is 0.614. The third-order valence-corrected chi connectivity index (χ3v) is 5.01. The van der Waals surface area contributed by atoms with Crippen LogP contribution in [0, 0.1) is 6.92 Å².